The largest absolute Gasteiger partial charge is 0.345 e. The lowest BCUT2D eigenvalue weighted by molar-refractivity contribution is -0.110. The van der Waals surface area contributed by atoms with Gasteiger partial charge in [0.25, 0.3) is 15.9 Å². The number of aromatic nitrogens is 2. The third-order valence-corrected chi connectivity index (χ3v) is 5.58. The van der Waals surface area contributed by atoms with Crippen molar-refractivity contribution in [2.75, 3.05) is 10.0 Å². The third kappa shape index (κ3) is 3.34. The van der Waals surface area contributed by atoms with E-state index >= 15 is 0 Å². The van der Waals surface area contributed by atoms with Gasteiger partial charge in [-0.05, 0) is 43.3 Å². The molecule has 0 spiro atoms. The number of benzene rings is 2. The number of amides is 1. The minimum atomic E-state index is -3.72. The van der Waals surface area contributed by atoms with Gasteiger partial charge in [-0.25, -0.2) is 13.4 Å². The molecular weight excluding hydrogens is 364 g/mol. The predicted octanol–water partition coefficient (Wildman–Crippen LogP) is 3.01. The zero-order chi connectivity index (χ0) is 19.0. The van der Waals surface area contributed by atoms with Gasteiger partial charge in [-0.1, -0.05) is 17.7 Å². The number of nitrogens with one attached hydrogen (secondary N) is 3. The van der Waals surface area contributed by atoms with Gasteiger partial charge in [-0.2, -0.15) is 0 Å². The molecule has 2 aromatic carbocycles. The third-order valence-electron chi connectivity index (χ3n) is 4.19. The van der Waals surface area contributed by atoms with E-state index in [4.69, 9.17) is 0 Å². The summed E-state index contributed by atoms with van der Waals surface area (Å²) < 4.78 is 27.7. The van der Waals surface area contributed by atoms with E-state index in [9.17, 15) is 13.2 Å². The Kier molecular flexibility index (Phi) is 4.04. The van der Waals surface area contributed by atoms with Crippen LogP contribution < -0.4 is 10.0 Å². The standard InChI is InChI=1S/C19H16N4O3S/c1-12-2-5-14(6-3-12)27(25,26)23-13-4-7-17-15(10-13)16(19(24)22-17)11-18-20-8-9-21-18/h2-11,23H,1H3,(H,20,21)(H,22,24)/b16-11-. The average molecular weight is 380 g/mol. The number of imidazole rings is 1. The second-order valence-electron chi connectivity index (χ2n) is 6.17. The summed E-state index contributed by atoms with van der Waals surface area (Å²) >= 11 is 0. The Morgan fingerprint density at radius 3 is 2.59 bits per heavy atom. The normalized spacial score (nSPS) is 14.9. The number of hydrogen-bond acceptors (Lipinski definition) is 4. The fraction of sp³-hybridized carbons (Fsp3) is 0.0526. The zero-order valence-corrected chi connectivity index (χ0v) is 15.2. The van der Waals surface area contributed by atoms with Crippen LogP contribution in [0.5, 0.6) is 0 Å². The fourth-order valence-electron chi connectivity index (χ4n) is 2.82. The van der Waals surface area contributed by atoms with Crippen LogP contribution in [0.1, 0.15) is 17.0 Å². The molecule has 2 heterocycles. The minimum Gasteiger partial charge on any atom is -0.345 e. The van der Waals surface area contributed by atoms with Crippen molar-refractivity contribution in [1.29, 1.82) is 0 Å². The SMILES string of the molecule is Cc1ccc(S(=O)(=O)Nc2ccc3c(c2)/C(=C/c2ncc[nH]2)C(=O)N3)cc1. The molecule has 0 fully saturated rings. The number of sulfonamides is 1. The fourth-order valence-corrected chi connectivity index (χ4v) is 3.87. The molecule has 0 atom stereocenters. The number of carbonyl (C=O) groups excluding carboxylic acids is 1. The van der Waals surface area contributed by atoms with Crippen LogP contribution in [0.3, 0.4) is 0 Å². The number of aromatic amines is 1. The average Bonchev–Trinajstić information content (AvgIpc) is 3.24. The van der Waals surface area contributed by atoms with E-state index in [0.29, 0.717) is 28.3 Å². The summed E-state index contributed by atoms with van der Waals surface area (Å²) in [6.07, 6.45) is 4.87. The van der Waals surface area contributed by atoms with Gasteiger partial charge in [0.1, 0.15) is 5.82 Å². The molecule has 8 heteroatoms. The molecule has 1 amide bonds. The van der Waals surface area contributed by atoms with Crippen molar-refractivity contribution in [3.63, 3.8) is 0 Å². The molecule has 136 valence electrons. The molecule has 0 radical (unpaired) electrons. The number of carbonyl (C=O) groups is 1. The van der Waals surface area contributed by atoms with Crippen molar-refractivity contribution in [1.82, 2.24) is 9.97 Å². The van der Waals surface area contributed by atoms with Crippen molar-refractivity contribution in [2.24, 2.45) is 0 Å². The Hall–Kier alpha value is -3.39. The number of fused-ring (bicyclic) bond motifs is 1. The van der Waals surface area contributed by atoms with Gasteiger partial charge in [0.15, 0.2) is 0 Å². The number of H-pyrrole nitrogens is 1. The maximum Gasteiger partial charge on any atom is 0.261 e. The molecule has 1 aliphatic heterocycles. The van der Waals surface area contributed by atoms with E-state index in [1.165, 1.54) is 0 Å². The van der Waals surface area contributed by atoms with Gasteiger partial charge in [-0.15, -0.1) is 0 Å². The van der Waals surface area contributed by atoms with Gasteiger partial charge >= 0.3 is 0 Å². The van der Waals surface area contributed by atoms with E-state index in [1.807, 2.05) is 6.92 Å². The molecule has 4 rings (SSSR count). The Balaban J connectivity index is 1.68. The van der Waals surface area contributed by atoms with Crippen molar-refractivity contribution in [2.45, 2.75) is 11.8 Å². The Morgan fingerprint density at radius 2 is 1.89 bits per heavy atom. The van der Waals surface area contributed by atoms with Crippen molar-refractivity contribution >= 4 is 39.0 Å². The second-order valence-corrected chi connectivity index (χ2v) is 7.85. The summed E-state index contributed by atoms with van der Waals surface area (Å²) in [5, 5.41) is 2.76. The van der Waals surface area contributed by atoms with Crippen LogP contribution in [-0.2, 0) is 14.8 Å². The maximum atomic E-state index is 12.6. The molecule has 0 bridgehead atoms. The number of aryl methyl sites for hydroxylation is 1. The molecular formula is C19H16N4O3S. The number of rotatable bonds is 4. The Labute approximate surface area is 156 Å². The van der Waals surface area contributed by atoms with E-state index in [-0.39, 0.29) is 10.8 Å². The van der Waals surface area contributed by atoms with Crippen LogP contribution in [0.2, 0.25) is 0 Å². The van der Waals surface area contributed by atoms with E-state index in [2.05, 4.69) is 20.0 Å². The van der Waals surface area contributed by atoms with Crippen molar-refractivity contribution in [3.05, 3.63) is 71.8 Å². The summed E-state index contributed by atoms with van der Waals surface area (Å²) in [5.74, 6) is 0.276. The Bertz CT molecular complexity index is 1150. The lowest BCUT2D eigenvalue weighted by Gasteiger charge is -2.10. The Morgan fingerprint density at radius 1 is 1.11 bits per heavy atom. The summed E-state index contributed by atoms with van der Waals surface area (Å²) in [6.45, 7) is 1.89. The van der Waals surface area contributed by atoms with E-state index < -0.39 is 10.0 Å². The monoisotopic (exact) mass is 380 g/mol. The van der Waals surface area contributed by atoms with Crippen molar-refractivity contribution < 1.29 is 13.2 Å². The van der Waals surface area contributed by atoms with Crippen LogP contribution in [0.4, 0.5) is 11.4 Å². The minimum absolute atomic E-state index is 0.175. The zero-order valence-electron chi connectivity index (χ0n) is 14.4. The number of hydrogen-bond donors (Lipinski definition) is 3. The lowest BCUT2D eigenvalue weighted by atomic mass is 10.1. The van der Waals surface area contributed by atoms with Gasteiger partial charge in [-0.3, -0.25) is 9.52 Å². The van der Waals surface area contributed by atoms with E-state index in [1.54, 1.807) is 60.9 Å². The highest BCUT2D eigenvalue weighted by atomic mass is 32.2. The predicted molar refractivity (Wildman–Crippen MR) is 104 cm³/mol. The van der Waals surface area contributed by atoms with Gasteiger partial charge < -0.3 is 10.3 Å². The first-order chi connectivity index (χ1) is 12.9. The molecule has 3 aromatic rings. The number of anilines is 2. The highest BCUT2D eigenvalue weighted by Crippen LogP contribution is 2.35. The highest BCUT2D eigenvalue weighted by molar-refractivity contribution is 7.92. The summed E-state index contributed by atoms with van der Waals surface area (Å²) in [4.78, 5) is 19.4. The molecule has 0 unspecified atom stereocenters. The molecule has 0 saturated heterocycles. The molecule has 27 heavy (non-hydrogen) atoms. The van der Waals surface area contributed by atoms with Crippen LogP contribution in [0.15, 0.2) is 59.8 Å². The van der Waals surface area contributed by atoms with Crippen LogP contribution in [-0.4, -0.2) is 24.3 Å². The lowest BCUT2D eigenvalue weighted by Crippen LogP contribution is -2.13. The first-order valence-electron chi connectivity index (χ1n) is 8.19. The number of nitrogens with zero attached hydrogens (tertiary/aromatic N) is 1. The smallest absolute Gasteiger partial charge is 0.261 e. The van der Waals surface area contributed by atoms with Crippen LogP contribution in [0, 0.1) is 6.92 Å². The van der Waals surface area contributed by atoms with Gasteiger partial charge in [0.2, 0.25) is 0 Å². The molecule has 1 aromatic heterocycles. The van der Waals surface area contributed by atoms with Gasteiger partial charge in [0, 0.05) is 29.3 Å². The highest BCUT2D eigenvalue weighted by Gasteiger charge is 2.25. The van der Waals surface area contributed by atoms with Gasteiger partial charge in [0.05, 0.1) is 10.5 Å². The first kappa shape index (κ1) is 17.0. The molecule has 7 nitrogen and oxygen atoms in total. The molecule has 1 aliphatic rings. The summed E-state index contributed by atoms with van der Waals surface area (Å²) in [5.41, 5.74) is 2.99. The first-order valence-corrected chi connectivity index (χ1v) is 9.67. The summed E-state index contributed by atoms with van der Waals surface area (Å²) in [7, 11) is -3.72. The maximum absolute atomic E-state index is 12.6. The molecule has 0 saturated carbocycles. The summed E-state index contributed by atoms with van der Waals surface area (Å²) in [6, 6.07) is 11.5. The van der Waals surface area contributed by atoms with E-state index in [0.717, 1.165) is 5.56 Å². The molecule has 3 N–H and O–H groups in total. The van der Waals surface area contributed by atoms with Crippen LogP contribution >= 0.6 is 0 Å². The van der Waals surface area contributed by atoms with Crippen molar-refractivity contribution in [3.8, 4) is 0 Å². The molecule has 0 aliphatic carbocycles. The topological polar surface area (TPSA) is 104 Å². The second kappa shape index (κ2) is 6.40. The quantitative estimate of drug-likeness (QED) is 0.605. The van der Waals surface area contributed by atoms with Crippen LogP contribution in [0.25, 0.3) is 11.6 Å².